The van der Waals surface area contributed by atoms with Crippen LogP contribution in [-0.4, -0.2) is 19.8 Å². The zero-order chi connectivity index (χ0) is 12.7. The normalized spacial score (nSPS) is 14.4. The third-order valence-electron chi connectivity index (χ3n) is 2.83. The third kappa shape index (κ3) is 4.02. The van der Waals surface area contributed by atoms with Crippen molar-refractivity contribution in [3.63, 3.8) is 0 Å². The number of methoxy groups -OCH3 is 1. The highest BCUT2D eigenvalue weighted by Crippen LogP contribution is 2.23. The van der Waals surface area contributed by atoms with Gasteiger partial charge in [0.2, 0.25) is 0 Å². The van der Waals surface area contributed by atoms with E-state index in [1.54, 1.807) is 7.11 Å². The average molecular weight is 237 g/mol. The van der Waals surface area contributed by atoms with Crippen molar-refractivity contribution in [2.45, 2.75) is 38.8 Å². The van der Waals surface area contributed by atoms with Crippen LogP contribution in [0.5, 0.6) is 5.75 Å². The number of hydrogen-bond donors (Lipinski definition) is 1. The van der Waals surface area contributed by atoms with Gasteiger partial charge in [-0.1, -0.05) is 25.5 Å². The second-order valence-corrected chi connectivity index (χ2v) is 4.08. The molecular weight excluding hydrogens is 214 g/mol. The Kier molecular flexibility index (Phi) is 6.01. The molecule has 0 saturated heterocycles. The average Bonchev–Trinajstić information content (AvgIpc) is 2.38. The summed E-state index contributed by atoms with van der Waals surface area (Å²) in [7, 11) is 1.66. The van der Waals surface area contributed by atoms with E-state index in [0.29, 0.717) is 6.61 Å². The molecule has 0 heterocycles. The van der Waals surface area contributed by atoms with Crippen LogP contribution < -0.4 is 10.5 Å². The van der Waals surface area contributed by atoms with Gasteiger partial charge >= 0.3 is 0 Å². The maximum Gasteiger partial charge on any atom is 0.119 e. The van der Waals surface area contributed by atoms with Crippen molar-refractivity contribution in [2.75, 3.05) is 13.7 Å². The smallest absolute Gasteiger partial charge is 0.119 e. The molecule has 0 aromatic heterocycles. The molecule has 1 aromatic rings. The summed E-state index contributed by atoms with van der Waals surface area (Å²) >= 11 is 0. The SMILES string of the molecule is CCCC(OCC)C(N)c1cccc(OC)c1. The monoisotopic (exact) mass is 237 g/mol. The van der Waals surface area contributed by atoms with Crippen molar-refractivity contribution >= 4 is 0 Å². The van der Waals surface area contributed by atoms with Crippen LogP contribution in [0.1, 0.15) is 38.3 Å². The van der Waals surface area contributed by atoms with E-state index in [1.807, 2.05) is 31.2 Å². The molecule has 0 spiro atoms. The van der Waals surface area contributed by atoms with E-state index in [9.17, 15) is 0 Å². The fourth-order valence-electron chi connectivity index (χ4n) is 1.93. The van der Waals surface area contributed by atoms with Crippen molar-refractivity contribution in [1.82, 2.24) is 0 Å². The van der Waals surface area contributed by atoms with E-state index >= 15 is 0 Å². The van der Waals surface area contributed by atoms with Crippen LogP contribution in [0.3, 0.4) is 0 Å². The van der Waals surface area contributed by atoms with Crippen molar-refractivity contribution in [2.24, 2.45) is 5.73 Å². The first-order valence-corrected chi connectivity index (χ1v) is 6.24. The molecule has 0 aliphatic heterocycles. The first-order valence-electron chi connectivity index (χ1n) is 6.24. The molecule has 3 heteroatoms. The Balaban J connectivity index is 2.79. The Morgan fingerprint density at radius 1 is 1.29 bits per heavy atom. The molecule has 2 N–H and O–H groups in total. The lowest BCUT2D eigenvalue weighted by Gasteiger charge is -2.24. The van der Waals surface area contributed by atoms with Crippen LogP contribution in [0, 0.1) is 0 Å². The van der Waals surface area contributed by atoms with Crippen LogP contribution in [0.25, 0.3) is 0 Å². The van der Waals surface area contributed by atoms with Gasteiger partial charge in [0, 0.05) is 6.61 Å². The minimum absolute atomic E-state index is 0.0807. The number of rotatable bonds is 7. The molecule has 0 aliphatic carbocycles. The standard InChI is InChI=1S/C14H23NO2/c1-4-7-13(17-5-2)14(15)11-8-6-9-12(10-11)16-3/h6,8-10,13-14H,4-5,7,15H2,1-3H3. The summed E-state index contributed by atoms with van der Waals surface area (Å²) in [5, 5.41) is 0. The van der Waals surface area contributed by atoms with Gasteiger partial charge in [0.25, 0.3) is 0 Å². The summed E-state index contributed by atoms with van der Waals surface area (Å²) < 4.78 is 10.9. The van der Waals surface area contributed by atoms with Crippen LogP contribution >= 0.6 is 0 Å². The quantitative estimate of drug-likeness (QED) is 0.793. The van der Waals surface area contributed by atoms with Crippen molar-refractivity contribution in [3.8, 4) is 5.75 Å². The van der Waals surface area contributed by atoms with Gasteiger partial charge in [-0.25, -0.2) is 0 Å². The molecule has 3 nitrogen and oxygen atoms in total. The Morgan fingerprint density at radius 2 is 2.06 bits per heavy atom. The van der Waals surface area contributed by atoms with E-state index in [-0.39, 0.29) is 12.1 Å². The number of ether oxygens (including phenoxy) is 2. The Labute approximate surface area is 104 Å². The molecule has 0 bridgehead atoms. The highest BCUT2D eigenvalue weighted by Gasteiger charge is 2.19. The lowest BCUT2D eigenvalue weighted by atomic mass is 9.99. The van der Waals surface area contributed by atoms with E-state index in [4.69, 9.17) is 15.2 Å². The fraction of sp³-hybridized carbons (Fsp3) is 0.571. The van der Waals surface area contributed by atoms with Crippen molar-refractivity contribution in [3.05, 3.63) is 29.8 Å². The molecule has 0 saturated carbocycles. The Morgan fingerprint density at radius 3 is 2.65 bits per heavy atom. The van der Waals surface area contributed by atoms with Gasteiger partial charge in [0.1, 0.15) is 5.75 Å². The zero-order valence-corrected chi connectivity index (χ0v) is 11.0. The zero-order valence-electron chi connectivity index (χ0n) is 11.0. The Bertz CT molecular complexity index is 322. The second-order valence-electron chi connectivity index (χ2n) is 4.08. The number of nitrogens with two attached hydrogens (primary N) is 1. The summed E-state index contributed by atoms with van der Waals surface area (Å²) in [6, 6.07) is 7.79. The molecule has 0 amide bonds. The largest absolute Gasteiger partial charge is 0.497 e. The van der Waals surface area contributed by atoms with Gasteiger partial charge in [-0.05, 0) is 31.0 Å². The summed E-state index contributed by atoms with van der Waals surface area (Å²) in [6.07, 6.45) is 2.13. The topological polar surface area (TPSA) is 44.5 Å². The Hall–Kier alpha value is -1.06. The lowest BCUT2D eigenvalue weighted by Crippen LogP contribution is -2.29. The maximum atomic E-state index is 6.25. The van der Waals surface area contributed by atoms with Crippen molar-refractivity contribution < 1.29 is 9.47 Å². The van der Waals surface area contributed by atoms with Crippen LogP contribution in [0.4, 0.5) is 0 Å². The first-order chi connectivity index (χ1) is 8.22. The van der Waals surface area contributed by atoms with Gasteiger partial charge in [0.05, 0.1) is 19.3 Å². The predicted molar refractivity (Wildman–Crippen MR) is 70.2 cm³/mol. The van der Waals surface area contributed by atoms with Crippen LogP contribution in [-0.2, 0) is 4.74 Å². The fourth-order valence-corrected chi connectivity index (χ4v) is 1.93. The molecule has 2 atom stereocenters. The predicted octanol–water partition coefficient (Wildman–Crippen LogP) is 2.90. The maximum absolute atomic E-state index is 6.25. The van der Waals surface area contributed by atoms with E-state index in [2.05, 4.69) is 6.92 Å². The lowest BCUT2D eigenvalue weighted by molar-refractivity contribution is 0.0374. The van der Waals surface area contributed by atoms with Gasteiger partial charge < -0.3 is 15.2 Å². The highest BCUT2D eigenvalue weighted by molar-refractivity contribution is 5.30. The summed E-state index contributed by atoms with van der Waals surface area (Å²) in [5.74, 6) is 0.838. The molecule has 1 rings (SSSR count). The molecule has 0 fully saturated rings. The molecule has 0 aliphatic rings. The van der Waals surface area contributed by atoms with Crippen molar-refractivity contribution in [1.29, 1.82) is 0 Å². The van der Waals surface area contributed by atoms with Crippen LogP contribution in [0.15, 0.2) is 24.3 Å². The molecular formula is C14H23NO2. The van der Waals surface area contributed by atoms with Gasteiger partial charge in [-0.15, -0.1) is 0 Å². The minimum Gasteiger partial charge on any atom is -0.497 e. The highest BCUT2D eigenvalue weighted by atomic mass is 16.5. The van der Waals surface area contributed by atoms with Gasteiger partial charge in [0.15, 0.2) is 0 Å². The molecule has 1 aromatic carbocycles. The van der Waals surface area contributed by atoms with Gasteiger partial charge in [-0.2, -0.15) is 0 Å². The van der Waals surface area contributed by atoms with E-state index in [0.717, 1.165) is 24.2 Å². The summed E-state index contributed by atoms with van der Waals surface area (Å²) in [6.45, 7) is 4.84. The molecule has 2 unspecified atom stereocenters. The summed E-state index contributed by atoms with van der Waals surface area (Å²) in [5.41, 5.74) is 7.32. The van der Waals surface area contributed by atoms with E-state index in [1.165, 1.54) is 0 Å². The third-order valence-corrected chi connectivity index (χ3v) is 2.83. The van der Waals surface area contributed by atoms with Gasteiger partial charge in [-0.3, -0.25) is 0 Å². The minimum atomic E-state index is -0.0926. The second kappa shape index (κ2) is 7.30. The van der Waals surface area contributed by atoms with E-state index < -0.39 is 0 Å². The summed E-state index contributed by atoms with van der Waals surface area (Å²) in [4.78, 5) is 0. The first kappa shape index (κ1) is 14.0. The number of benzene rings is 1. The molecule has 17 heavy (non-hydrogen) atoms. The molecule has 0 radical (unpaired) electrons. The number of hydrogen-bond acceptors (Lipinski definition) is 3. The molecule has 96 valence electrons. The van der Waals surface area contributed by atoms with Crippen LogP contribution in [0.2, 0.25) is 0 Å².